The van der Waals surface area contributed by atoms with E-state index in [-0.39, 0.29) is 5.54 Å². The van der Waals surface area contributed by atoms with Crippen LogP contribution in [0.5, 0.6) is 0 Å². The van der Waals surface area contributed by atoms with Gasteiger partial charge in [-0.15, -0.1) is 6.58 Å². The lowest BCUT2D eigenvalue weighted by Crippen LogP contribution is -2.37. The van der Waals surface area contributed by atoms with Crippen molar-refractivity contribution in [3.63, 3.8) is 0 Å². The molecule has 0 aromatic rings. The Bertz CT molecular complexity index is 95.5. The molecule has 0 rings (SSSR count). The monoisotopic (exact) mass is 127 g/mol. The highest BCUT2D eigenvalue weighted by molar-refractivity contribution is 5.47. The summed E-state index contributed by atoms with van der Waals surface area (Å²) in [6.45, 7) is 7.47. The molecule has 1 N–H and O–H groups in total. The summed E-state index contributed by atoms with van der Waals surface area (Å²) in [5, 5.41) is 2.67. The number of nitrogens with one attached hydrogen (secondary N) is 1. The molecule has 0 bridgehead atoms. The SMILES string of the molecule is C=CCC(C)(C)NC=O. The Balaban J connectivity index is 3.68. The molecule has 0 saturated carbocycles. The van der Waals surface area contributed by atoms with E-state index < -0.39 is 0 Å². The van der Waals surface area contributed by atoms with Crippen LogP contribution in [0.1, 0.15) is 20.3 Å². The topological polar surface area (TPSA) is 29.1 Å². The number of rotatable bonds is 4. The Labute approximate surface area is 56.0 Å². The second kappa shape index (κ2) is 3.28. The maximum absolute atomic E-state index is 9.95. The van der Waals surface area contributed by atoms with Gasteiger partial charge in [0.1, 0.15) is 0 Å². The first-order valence-corrected chi connectivity index (χ1v) is 2.94. The Morgan fingerprint density at radius 2 is 2.22 bits per heavy atom. The first kappa shape index (κ1) is 8.21. The molecule has 0 unspecified atom stereocenters. The number of carbonyl (C=O) groups excluding carboxylic acids is 1. The van der Waals surface area contributed by atoms with Crippen molar-refractivity contribution in [3.05, 3.63) is 12.7 Å². The minimum atomic E-state index is -0.135. The second-order valence-electron chi connectivity index (χ2n) is 2.64. The maximum atomic E-state index is 9.95. The highest BCUT2D eigenvalue weighted by Crippen LogP contribution is 2.06. The molecule has 2 nitrogen and oxygen atoms in total. The molecule has 0 aliphatic carbocycles. The summed E-state index contributed by atoms with van der Waals surface area (Å²) in [5.41, 5.74) is -0.135. The van der Waals surface area contributed by atoms with E-state index in [1.165, 1.54) is 0 Å². The molecule has 0 fully saturated rings. The number of carbonyl (C=O) groups is 1. The van der Waals surface area contributed by atoms with Gasteiger partial charge in [0.15, 0.2) is 0 Å². The lowest BCUT2D eigenvalue weighted by Gasteiger charge is -2.21. The van der Waals surface area contributed by atoms with E-state index in [1.807, 2.05) is 13.8 Å². The van der Waals surface area contributed by atoms with Gasteiger partial charge >= 0.3 is 0 Å². The summed E-state index contributed by atoms with van der Waals surface area (Å²) in [5.74, 6) is 0. The van der Waals surface area contributed by atoms with Crippen molar-refractivity contribution < 1.29 is 4.79 Å². The van der Waals surface area contributed by atoms with Gasteiger partial charge in [-0.1, -0.05) is 6.08 Å². The summed E-state index contributed by atoms with van der Waals surface area (Å²) < 4.78 is 0. The van der Waals surface area contributed by atoms with E-state index in [0.717, 1.165) is 6.42 Å². The molecule has 0 atom stereocenters. The van der Waals surface area contributed by atoms with Gasteiger partial charge < -0.3 is 5.32 Å². The first-order chi connectivity index (χ1) is 4.12. The quantitative estimate of drug-likeness (QED) is 0.444. The summed E-state index contributed by atoms with van der Waals surface area (Å²) >= 11 is 0. The second-order valence-corrected chi connectivity index (χ2v) is 2.64. The van der Waals surface area contributed by atoms with E-state index in [4.69, 9.17) is 0 Å². The Morgan fingerprint density at radius 1 is 1.67 bits per heavy atom. The number of hydrogen-bond donors (Lipinski definition) is 1. The van der Waals surface area contributed by atoms with E-state index in [0.29, 0.717) is 6.41 Å². The molecule has 0 radical (unpaired) electrons. The van der Waals surface area contributed by atoms with Crippen LogP contribution < -0.4 is 5.32 Å². The van der Waals surface area contributed by atoms with Crippen LogP contribution in [-0.4, -0.2) is 11.9 Å². The molecular formula is C7H13NO. The summed E-state index contributed by atoms with van der Waals surface area (Å²) in [7, 11) is 0. The molecule has 52 valence electrons. The van der Waals surface area contributed by atoms with Crippen LogP contribution in [0.2, 0.25) is 0 Å². The van der Waals surface area contributed by atoms with Crippen LogP contribution in [0, 0.1) is 0 Å². The average Bonchev–Trinajstić information content (AvgIpc) is 1.64. The lowest BCUT2D eigenvalue weighted by atomic mass is 10.0. The summed E-state index contributed by atoms with van der Waals surface area (Å²) in [4.78, 5) is 9.95. The Morgan fingerprint density at radius 3 is 2.56 bits per heavy atom. The third kappa shape index (κ3) is 3.76. The zero-order valence-electron chi connectivity index (χ0n) is 5.98. The highest BCUT2D eigenvalue weighted by Gasteiger charge is 2.12. The standard InChI is InChI=1S/C7H13NO/c1-4-5-7(2,3)8-6-9/h4,6H,1,5H2,2-3H3,(H,8,9). The molecule has 2 heteroatoms. The Kier molecular flexibility index (Phi) is 2.99. The third-order valence-electron chi connectivity index (χ3n) is 1.10. The van der Waals surface area contributed by atoms with Crippen molar-refractivity contribution in [1.29, 1.82) is 0 Å². The van der Waals surface area contributed by atoms with Gasteiger partial charge in [0, 0.05) is 5.54 Å². The molecule has 0 aliphatic heterocycles. The molecule has 1 amide bonds. The van der Waals surface area contributed by atoms with Gasteiger partial charge in [0.25, 0.3) is 0 Å². The average molecular weight is 127 g/mol. The number of amides is 1. The van der Waals surface area contributed by atoms with E-state index in [9.17, 15) is 4.79 Å². The third-order valence-corrected chi connectivity index (χ3v) is 1.10. The minimum absolute atomic E-state index is 0.135. The largest absolute Gasteiger partial charge is 0.353 e. The van der Waals surface area contributed by atoms with E-state index in [1.54, 1.807) is 6.08 Å². The summed E-state index contributed by atoms with van der Waals surface area (Å²) in [6.07, 6.45) is 3.30. The predicted molar refractivity (Wildman–Crippen MR) is 38.1 cm³/mol. The Hall–Kier alpha value is -0.790. The smallest absolute Gasteiger partial charge is 0.207 e. The van der Waals surface area contributed by atoms with Gasteiger partial charge in [-0.05, 0) is 20.3 Å². The molecule has 0 aromatic heterocycles. The van der Waals surface area contributed by atoms with Crippen LogP contribution in [0.4, 0.5) is 0 Å². The predicted octanol–water partition coefficient (Wildman–Crippen LogP) is 1.09. The first-order valence-electron chi connectivity index (χ1n) is 2.94. The van der Waals surface area contributed by atoms with Gasteiger partial charge in [-0.25, -0.2) is 0 Å². The molecular weight excluding hydrogens is 114 g/mol. The van der Waals surface area contributed by atoms with Crippen LogP contribution in [0.3, 0.4) is 0 Å². The van der Waals surface area contributed by atoms with Crippen molar-refractivity contribution in [2.45, 2.75) is 25.8 Å². The van der Waals surface area contributed by atoms with Crippen molar-refractivity contribution in [2.24, 2.45) is 0 Å². The van der Waals surface area contributed by atoms with Crippen molar-refractivity contribution in [1.82, 2.24) is 5.32 Å². The molecule has 9 heavy (non-hydrogen) atoms. The van der Waals surface area contributed by atoms with E-state index in [2.05, 4.69) is 11.9 Å². The minimum Gasteiger partial charge on any atom is -0.353 e. The fraction of sp³-hybridized carbons (Fsp3) is 0.571. The van der Waals surface area contributed by atoms with Gasteiger partial charge in [0.05, 0.1) is 0 Å². The number of hydrogen-bond acceptors (Lipinski definition) is 1. The normalized spacial score (nSPS) is 10.4. The lowest BCUT2D eigenvalue weighted by molar-refractivity contribution is -0.110. The van der Waals surface area contributed by atoms with Crippen molar-refractivity contribution >= 4 is 6.41 Å². The highest BCUT2D eigenvalue weighted by atomic mass is 16.1. The molecule has 0 saturated heterocycles. The molecule has 0 heterocycles. The molecule has 0 aliphatic rings. The van der Waals surface area contributed by atoms with Gasteiger partial charge in [-0.3, -0.25) is 4.79 Å². The van der Waals surface area contributed by atoms with Gasteiger partial charge in [0.2, 0.25) is 6.41 Å². The van der Waals surface area contributed by atoms with Crippen LogP contribution in [0.15, 0.2) is 12.7 Å². The fourth-order valence-corrected chi connectivity index (χ4v) is 0.579. The molecule has 0 spiro atoms. The van der Waals surface area contributed by atoms with Crippen LogP contribution in [0.25, 0.3) is 0 Å². The molecule has 0 aromatic carbocycles. The van der Waals surface area contributed by atoms with E-state index >= 15 is 0 Å². The zero-order chi connectivity index (χ0) is 7.33. The van der Waals surface area contributed by atoms with Crippen molar-refractivity contribution in [2.75, 3.05) is 0 Å². The van der Waals surface area contributed by atoms with Crippen LogP contribution in [-0.2, 0) is 4.79 Å². The zero-order valence-corrected chi connectivity index (χ0v) is 5.98. The van der Waals surface area contributed by atoms with Gasteiger partial charge in [-0.2, -0.15) is 0 Å². The maximum Gasteiger partial charge on any atom is 0.207 e. The summed E-state index contributed by atoms with van der Waals surface area (Å²) in [6, 6.07) is 0. The fourth-order valence-electron chi connectivity index (χ4n) is 0.579. The van der Waals surface area contributed by atoms with Crippen LogP contribution >= 0.6 is 0 Å². The van der Waals surface area contributed by atoms with Crippen molar-refractivity contribution in [3.8, 4) is 0 Å².